The fourth-order valence-corrected chi connectivity index (χ4v) is 2.11. The Labute approximate surface area is 59.1 Å². The first-order valence-corrected chi connectivity index (χ1v) is 4.38. The van der Waals surface area contributed by atoms with Gasteiger partial charge in [-0.3, -0.25) is 4.55 Å². The van der Waals surface area contributed by atoms with Crippen molar-refractivity contribution in [2.75, 3.05) is 0 Å². The zero-order chi connectivity index (χ0) is 7.99. The van der Waals surface area contributed by atoms with Crippen LogP contribution in [0.25, 0.3) is 0 Å². The topological polar surface area (TPSA) is 106 Å². The molecule has 1 saturated carbocycles. The van der Waals surface area contributed by atoms with Crippen molar-refractivity contribution >= 4 is 10.1 Å². The van der Waals surface area contributed by atoms with Gasteiger partial charge in [-0.05, 0) is 12.8 Å². The molecule has 10 heavy (non-hydrogen) atoms. The third-order valence-corrected chi connectivity index (χ3v) is 3.19. The zero-order valence-corrected chi connectivity index (χ0v) is 6.13. The first-order chi connectivity index (χ1) is 4.34. The van der Waals surface area contributed by atoms with Crippen molar-refractivity contribution in [2.45, 2.75) is 23.8 Å². The Hall–Kier alpha value is -0.170. The van der Waals surface area contributed by atoms with Crippen LogP contribution in [0.2, 0.25) is 0 Å². The largest absolute Gasteiger partial charge is 0.312 e. The lowest BCUT2D eigenvalue weighted by Crippen LogP contribution is -2.68. The first-order valence-electron chi connectivity index (χ1n) is 2.88. The minimum atomic E-state index is -4.02. The average Bonchev–Trinajstić information content (AvgIpc) is 1.58. The second kappa shape index (κ2) is 1.91. The van der Waals surface area contributed by atoms with E-state index in [1.54, 1.807) is 0 Å². The molecule has 1 rings (SSSR count). The Morgan fingerprint density at radius 3 is 2.00 bits per heavy atom. The van der Waals surface area contributed by atoms with Crippen LogP contribution >= 0.6 is 0 Å². The summed E-state index contributed by atoms with van der Waals surface area (Å²) in [6.07, 6.45) is 0.795. The standard InChI is InChI=1S/C4H10N2O3S/c5-4(6)2-1-3(4)10(7,8)9/h3H,1-2,5-6H2,(H,7,8,9). The van der Waals surface area contributed by atoms with E-state index in [0.29, 0.717) is 12.8 Å². The average molecular weight is 166 g/mol. The zero-order valence-electron chi connectivity index (χ0n) is 5.32. The summed E-state index contributed by atoms with van der Waals surface area (Å²) < 4.78 is 29.3. The molecule has 1 fully saturated rings. The van der Waals surface area contributed by atoms with Crippen LogP contribution in [0, 0.1) is 0 Å². The first kappa shape index (κ1) is 7.93. The van der Waals surface area contributed by atoms with Crippen LogP contribution in [-0.2, 0) is 10.1 Å². The summed E-state index contributed by atoms with van der Waals surface area (Å²) in [5, 5.41) is -0.972. The fourth-order valence-electron chi connectivity index (χ4n) is 1.02. The van der Waals surface area contributed by atoms with Crippen LogP contribution < -0.4 is 11.5 Å². The Balaban J connectivity index is 2.80. The van der Waals surface area contributed by atoms with Gasteiger partial charge < -0.3 is 11.5 Å². The molecule has 6 heteroatoms. The molecule has 0 radical (unpaired) electrons. The number of hydrogen-bond acceptors (Lipinski definition) is 4. The van der Waals surface area contributed by atoms with E-state index in [0.717, 1.165) is 0 Å². The van der Waals surface area contributed by atoms with Crippen molar-refractivity contribution in [1.29, 1.82) is 0 Å². The van der Waals surface area contributed by atoms with E-state index in [1.807, 2.05) is 0 Å². The third-order valence-electron chi connectivity index (χ3n) is 1.80. The Morgan fingerprint density at radius 1 is 1.50 bits per heavy atom. The second-order valence-electron chi connectivity index (χ2n) is 2.65. The Bertz CT molecular complexity index is 233. The molecule has 1 aliphatic rings. The second-order valence-corrected chi connectivity index (χ2v) is 4.25. The lowest BCUT2D eigenvalue weighted by molar-refractivity contribution is 0.249. The van der Waals surface area contributed by atoms with Gasteiger partial charge in [0.05, 0.1) is 5.66 Å². The van der Waals surface area contributed by atoms with Crippen LogP contribution in [0.5, 0.6) is 0 Å². The smallest absolute Gasteiger partial charge is 0.270 e. The van der Waals surface area contributed by atoms with Gasteiger partial charge in [0.2, 0.25) is 0 Å². The van der Waals surface area contributed by atoms with Gasteiger partial charge in [0.15, 0.2) is 0 Å². The van der Waals surface area contributed by atoms with Gasteiger partial charge in [-0.2, -0.15) is 8.42 Å². The molecule has 0 amide bonds. The molecule has 5 nitrogen and oxygen atoms in total. The minimum Gasteiger partial charge on any atom is -0.312 e. The van der Waals surface area contributed by atoms with Crippen LogP contribution in [0.1, 0.15) is 12.8 Å². The lowest BCUT2D eigenvalue weighted by atomic mass is 9.86. The summed E-state index contributed by atoms with van der Waals surface area (Å²) in [4.78, 5) is 0. The van der Waals surface area contributed by atoms with E-state index in [2.05, 4.69) is 0 Å². The molecule has 60 valence electrons. The maximum Gasteiger partial charge on any atom is 0.270 e. The predicted octanol–water partition coefficient (Wildman–Crippen LogP) is -1.35. The molecule has 1 unspecified atom stereocenters. The van der Waals surface area contributed by atoms with Gasteiger partial charge >= 0.3 is 0 Å². The summed E-state index contributed by atoms with van der Waals surface area (Å²) in [5.74, 6) is 0. The molecule has 0 aliphatic heterocycles. The number of hydrogen-bond donors (Lipinski definition) is 3. The van der Waals surface area contributed by atoms with E-state index in [9.17, 15) is 8.42 Å². The molecule has 0 aromatic carbocycles. The monoisotopic (exact) mass is 166 g/mol. The van der Waals surface area contributed by atoms with Crippen LogP contribution in [0.15, 0.2) is 0 Å². The molecule has 0 saturated heterocycles. The van der Waals surface area contributed by atoms with E-state index in [-0.39, 0.29) is 0 Å². The van der Waals surface area contributed by atoms with Gasteiger partial charge in [-0.25, -0.2) is 0 Å². The number of rotatable bonds is 1. The summed E-state index contributed by atoms with van der Waals surface area (Å²) in [7, 11) is -4.02. The highest BCUT2D eigenvalue weighted by Gasteiger charge is 2.47. The molecular weight excluding hydrogens is 156 g/mol. The van der Waals surface area contributed by atoms with Crippen molar-refractivity contribution in [2.24, 2.45) is 11.5 Å². The van der Waals surface area contributed by atoms with E-state index >= 15 is 0 Å². The normalized spacial score (nSPS) is 31.3. The summed E-state index contributed by atoms with van der Waals surface area (Å²) in [6.45, 7) is 0. The van der Waals surface area contributed by atoms with Crippen LogP contribution in [0.4, 0.5) is 0 Å². The number of nitrogens with two attached hydrogens (primary N) is 2. The molecule has 0 aromatic heterocycles. The Kier molecular flexibility index (Phi) is 1.52. The predicted molar refractivity (Wildman–Crippen MR) is 35.7 cm³/mol. The lowest BCUT2D eigenvalue weighted by Gasteiger charge is -2.40. The van der Waals surface area contributed by atoms with Gasteiger partial charge in [0.1, 0.15) is 5.25 Å². The molecule has 0 aromatic rings. The molecular formula is C4H10N2O3S. The highest BCUT2D eigenvalue weighted by molar-refractivity contribution is 7.86. The highest BCUT2D eigenvalue weighted by Crippen LogP contribution is 2.30. The molecule has 1 aliphatic carbocycles. The van der Waals surface area contributed by atoms with Crippen LogP contribution in [-0.4, -0.2) is 23.9 Å². The van der Waals surface area contributed by atoms with Crippen molar-refractivity contribution in [3.05, 3.63) is 0 Å². The van der Waals surface area contributed by atoms with E-state index < -0.39 is 21.0 Å². The van der Waals surface area contributed by atoms with Crippen molar-refractivity contribution < 1.29 is 13.0 Å². The minimum absolute atomic E-state index is 0.353. The highest BCUT2D eigenvalue weighted by atomic mass is 32.2. The van der Waals surface area contributed by atoms with Gasteiger partial charge in [-0.15, -0.1) is 0 Å². The molecule has 5 N–H and O–H groups in total. The summed E-state index contributed by atoms with van der Waals surface area (Å²) in [6, 6.07) is 0. The van der Waals surface area contributed by atoms with Crippen molar-refractivity contribution in [3.8, 4) is 0 Å². The van der Waals surface area contributed by atoms with Gasteiger partial charge in [0.25, 0.3) is 10.1 Å². The molecule has 1 atom stereocenters. The van der Waals surface area contributed by atoms with E-state index in [1.165, 1.54) is 0 Å². The van der Waals surface area contributed by atoms with Gasteiger partial charge in [0, 0.05) is 0 Å². The van der Waals surface area contributed by atoms with Crippen LogP contribution in [0.3, 0.4) is 0 Å². The Morgan fingerprint density at radius 2 is 2.00 bits per heavy atom. The maximum absolute atomic E-state index is 10.4. The summed E-state index contributed by atoms with van der Waals surface area (Å²) >= 11 is 0. The van der Waals surface area contributed by atoms with Gasteiger partial charge in [-0.1, -0.05) is 0 Å². The van der Waals surface area contributed by atoms with E-state index in [4.69, 9.17) is 16.0 Å². The van der Waals surface area contributed by atoms with Crippen molar-refractivity contribution in [1.82, 2.24) is 0 Å². The SMILES string of the molecule is NC1(N)CCC1S(=O)(=O)O. The molecule has 0 spiro atoms. The molecule has 0 heterocycles. The van der Waals surface area contributed by atoms with Crippen molar-refractivity contribution in [3.63, 3.8) is 0 Å². The third kappa shape index (κ3) is 1.15. The fraction of sp³-hybridized carbons (Fsp3) is 1.00. The molecule has 0 bridgehead atoms. The summed E-state index contributed by atoms with van der Waals surface area (Å²) in [5.41, 5.74) is 9.37. The maximum atomic E-state index is 10.4. The quantitative estimate of drug-likeness (QED) is 0.330.